The number of nitro benzene ring substituents is 1. The Morgan fingerprint density at radius 1 is 1.53 bits per heavy atom. The van der Waals surface area contributed by atoms with Crippen LogP contribution in [-0.4, -0.2) is 23.7 Å². The zero-order valence-corrected chi connectivity index (χ0v) is 8.21. The van der Waals surface area contributed by atoms with Crippen molar-refractivity contribution in [3.8, 4) is 0 Å². The summed E-state index contributed by atoms with van der Waals surface area (Å²) in [5.41, 5.74) is 3.11. The molecule has 0 radical (unpaired) electrons. The van der Waals surface area contributed by atoms with Crippen molar-refractivity contribution in [3.63, 3.8) is 0 Å². The van der Waals surface area contributed by atoms with Gasteiger partial charge in [0.2, 0.25) is 0 Å². The summed E-state index contributed by atoms with van der Waals surface area (Å²) in [6.45, 7) is 0.230. The second-order valence-electron chi connectivity index (χ2n) is 2.92. The van der Waals surface area contributed by atoms with Crippen LogP contribution >= 0.6 is 0 Å². The first-order valence-corrected chi connectivity index (χ1v) is 4.33. The SMILES string of the molecule is CONCC(O)c1ccc([N+](=O)[O-])cc1. The topological polar surface area (TPSA) is 84.6 Å². The van der Waals surface area contributed by atoms with E-state index in [-0.39, 0.29) is 12.2 Å². The van der Waals surface area contributed by atoms with Crippen LogP contribution in [0, 0.1) is 10.1 Å². The molecule has 82 valence electrons. The van der Waals surface area contributed by atoms with Crippen molar-refractivity contribution in [2.75, 3.05) is 13.7 Å². The fraction of sp³-hybridized carbons (Fsp3) is 0.333. The molecule has 1 aromatic carbocycles. The van der Waals surface area contributed by atoms with Crippen LogP contribution in [0.2, 0.25) is 0 Å². The summed E-state index contributed by atoms with van der Waals surface area (Å²) >= 11 is 0. The van der Waals surface area contributed by atoms with E-state index in [1.807, 2.05) is 0 Å². The minimum atomic E-state index is -0.745. The molecule has 0 saturated carbocycles. The maximum Gasteiger partial charge on any atom is 0.269 e. The van der Waals surface area contributed by atoms with Crippen LogP contribution in [-0.2, 0) is 4.84 Å². The number of hydroxylamine groups is 1. The number of nitrogens with one attached hydrogen (secondary N) is 1. The highest BCUT2D eigenvalue weighted by Crippen LogP contribution is 2.16. The Bertz CT molecular complexity index is 325. The molecule has 0 saturated heterocycles. The molecule has 0 aliphatic carbocycles. The molecule has 1 rings (SSSR count). The molecule has 2 N–H and O–H groups in total. The smallest absolute Gasteiger partial charge is 0.269 e. The van der Waals surface area contributed by atoms with Gasteiger partial charge in [0.1, 0.15) is 0 Å². The van der Waals surface area contributed by atoms with Gasteiger partial charge in [-0.1, -0.05) is 0 Å². The van der Waals surface area contributed by atoms with Crippen LogP contribution in [0.4, 0.5) is 5.69 Å². The van der Waals surface area contributed by atoms with Crippen molar-refractivity contribution >= 4 is 5.69 Å². The van der Waals surface area contributed by atoms with Crippen LogP contribution in [0.3, 0.4) is 0 Å². The maximum absolute atomic E-state index is 10.4. The van der Waals surface area contributed by atoms with E-state index >= 15 is 0 Å². The average Bonchev–Trinajstić information content (AvgIpc) is 2.26. The van der Waals surface area contributed by atoms with Crippen LogP contribution < -0.4 is 5.48 Å². The number of benzene rings is 1. The number of hydrogen-bond donors (Lipinski definition) is 2. The Hall–Kier alpha value is -1.50. The number of aliphatic hydroxyl groups is 1. The Balaban J connectivity index is 2.66. The molecule has 6 heteroatoms. The first-order chi connectivity index (χ1) is 7.15. The fourth-order valence-electron chi connectivity index (χ4n) is 1.10. The Labute approximate surface area is 86.6 Å². The van der Waals surface area contributed by atoms with Gasteiger partial charge in [-0.05, 0) is 17.7 Å². The largest absolute Gasteiger partial charge is 0.387 e. The first-order valence-electron chi connectivity index (χ1n) is 4.33. The van der Waals surface area contributed by atoms with Crippen molar-refractivity contribution in [1.82, 2.24) is 5.48 Å². The number of hydrogen-bond acceptors (Lipinski definition) is 5. The second-order valence-corrected chi connectivity index (χ2v) is 2.92. The predicted octanol–water partition coefficient (Wildman–Crippen LogP) is 0.779. The third kappa shape index (κ3) is 3.28. The van der Waals surface area contributed by atoms with Gasteiger partial charge in [-0.2, -0.15) is 5.48 Å². The number of non-ortho nitro benzene ring substituents is 1. The molecule has 1 unspecified atom stereocenters. The van der Waals surface area contributed by atoms with Crippen LogP contribution in [0.5, 0.6) is 0 Å². The standard InChI is InChI=1S/C9H12N2O4/c1-15-10-6-9(12)7-2-4-8(5-3-7)11(13)14/h2-5,9-10,12H,6H2,1H3. The number of nitro groups is 1. The predicted molar refractivity (Wildman–Crippen MR) is 53.1 cm³/mol. The highest BCUT2D eigenvalue weighted by Gasteiger charge is 2.09. The van der Waals surface area contributed by atoms with Gasteiger partial charge in [-0.25, -0.2) is 0 Å². The zero-order valence-electron chi connectivity index (χ0n) is 8.21. The highest BCUT2D eigenvalue weighted by molar-refractivity contribution is 5.33. The summed E-state index contributed by atoms with van der Waals surface area (Å²) in [5, 5.41) is 19.9. The van der Waals surface area contributed by atoms with Crippen molar-refractivity contribution in [2.24, 2.45) is 0 Å². The summed E-state index contributed by atoms with van der Waals surface area (Å²) in [4.78, 5) is 14.5. The molecule has 0 fully saturated rings. The van der Waals surface area contributed by atoms with Gasteiger partial charge in [0, 0.05) is 12.1 Å². The molecule has 0 amide bonds. The normalized spacial score (nSPS) is 12.4. The van der Waals surface area contributed by atoms with E-state index in [1.165, 1.54) is 31.4 Å². The molecular formula is C9H12N2O4. The molecule has 0 aliphatic rings. The first kappa shape index (κ1) is 11.6. The average molecular weight is 212 g/mol. The van der Waals surface area contributed by atoms with Gasteiger partial charge in [0.15, 0.2) is 0 Å². The van der Waals surface area contributed by atoms with E-state index < -0.39 is 11.0 Å². The monoisotopic (exact) mass is 212 g/mol. The lowest BCUT2D eigenvalue weighted by Crippen LogP contribution is -2.20. The lowest BCUT2D eigenvalue weighted by atomic mass is 10.1. The van der Waals surface area contributed by atoms with E-state index in [0.29, 0.717) is 5.56 Å². The third-order valence-electron chi connectivity index (χ3n) is 1.91. The Morgan fingerprint density at radius 3 is 2.60 bits per heavy atom. The summed E-state index contributed by atoms with van der Waals surface area (Å²) in [5.74, 6) is 0. The molecule has 0 spiro atoms. The van der Waals surface area contributed by atoms with Crippen molar-refractivity contribution in [1.29, 1.82) is 0 Å². The van der Waals surface area contributed by atoms with Crippen LogP contribution in [0.25, 0.3) is 0 Å². The van der Waals surface area contributed by atoms with E-state index in [9.17, 15) is 15.2 Å². The molecule has 1 atom stereocenters. The molecule has 0 bridgehead atoms. The molecule has 0 aliphatic heterocycles. The number of rotatable bonds is 5. The van der Waals surface area contributed by atoms with E-state index in [2.05, 4.69) is 10.3 Å². The Kier molecular flexibility index (Phi) is 4.17. The van der Waals surface area contributed by atoms with Gasteiger partial charge in [0.05, 0.1) is 24.7 Å². The molecule has 0 aromatic heterocycles. The minimum absolute atomic E-state index is 0.00523. The third-order valence-corrected chi connectivity index (χ3v) is 1.91. The van der Waals surface area contributed by atoms with Crippen LogP contribution in [0.1, 0.15) is 11.7 Å². The van der Waals surface area contributed by atoms with E-state index in [1.54, 1.807) is 0 Å². The summed E-state index contributed by atoms with van der Waals surface area (Å²) in [7, 11) is 1.45. The van der Waals surface area contributed by atoms with Crippen molar-refractivity contribution < 1.29 is 14.9 Å². The summed E-state index contributed by atoms with van der Waals surface area (Å²) < 4.78 is 0. The Morgan fingerprint density at radius 2 is 2.13 bits per heavy atom. The lowest BCUT2D eigenvalue weighted by molar-refractivity contribution is -0.384. The van der Waals surface area contributed by atoms with Crippen molar-refractivity contribution in [2.45, 2.75) is 6.10 Å². The van der Waals surface area contributed by atoms with Gasteiger partial charge in [-0.3, -0.25) is 10.1 Å². The van der Waals surface area contributed by atoms with E-state index in [0.717, 1.165) is 0 Å². The minimum Gasteiger partial charge on any atom is -0.387 e. The zero-order chi connectivity index (χ0) is 11.3. The fourth-order valence-corrected chi connectivity index (χ4v) is 1.10. The maximum atomic E-state index is 10.4. The van der Waals surface area contributed by atoms with Gasteiger partial charge in [-0.15, -0.1) is 0 Å². The van der Waals surface area contributed by atoms with E-state index in [4.69, 9.17) is 0 Å². The molecule has 15 heavy (non-hydrogen) atoms. The van der Waals surface area contributed by atoms with Gasteiger partial charge < -0.3 is 9.94 Å². The molecular weight excluding hydrogens is 200 g/mol. The van der Waals surface area contributed by atoms with Crippen molar-refractivity contribution in [3.05, 3.63) is 39.9 Å². The highest BCUT2D eigenvalue weighted by atomic mass is 16.6. The molecule has 1 aromatic rings. The van der Waals surface area contributed by atoms with Gasteiger partial charge in [0.25, 0.3) is 5.69 Å². The molecule has 0 heterocycles. The number of aliphatic hydroxyl groups excluding tert-OH is 1. The summed E-state index contributed by atoms with van der Waals surface area (Å²) in [6.07, 6.45) is -0.745. The lowest BCUT2D eigenvalue weighted by Gasteiger charge is -2.10. The van der Waals surface area contributed by atoms with Gasteiger partial charge >= 0.3 is 0 Å². The second kappa shape index (κ2) is 5.40. The molecule has 6 nitrogen and oxygen atoms in total. The quantitative estimate of drug-likeness (QED) is 0.556. The summed E-state index contributed by atoms with van der Waals surface area (Å²) in [6, 6.07) is 5.73. The number of nitrogens with zero attached hydrogens (tertiary/aromatic N) is 1. The van der Waals surface area contributed by atoms with Crippen LogP contribution in [0.15, 0.2) is 24.3 Å².